The Morgan fingerprint density at radius 2 is 2.00 bits per heavy atom. The zero-order chi connectivity index (χ0) is 9.36. The zero-order valence-electron chi connectivity index (χ0n) is 7.85. The fraction of sp³-hybridized carbons (Fsp3) is 0.556. The van der Waals surface area contributed by atoms with Crippen LogP contribution in [0.1, 0.15) is 26.2 Å². The van der Waals surface area contributed by atoms with Gasteiger partial charge in [0.05, 0.1) is 18.9 Å². The summed E-state index contributed by atoms with van der Waals surface area (Å²) in [6, 6.07) is 0. The molecule has 1 heterocycles. The molecule has 4 nitrogen and oxygen atoms in total. The monoisotopic (exact) mass is 178 g/mol. The first-order chi connectivity index (χ1) is 6.43. The molecule has 0 aliphatic carbocycles. The van der Waals surface area contributed by atoms with Crippen molar-refractivity contribution in [3.63, 3.8) is 0 Å². The Balaban J connectivity index is 2.25. The highest BCUT2D eigenvalue weighted by molar-refractivity contribution is 5.27. The standard InChI is InChI=1S/C9H14N4/c1-2-3-4-5-12-13-9-6-10-8-11-7-9/h6-8H,2-5H2,1H3. The van der Waals surface area contributed by atoms with Crippen LogP contribution in [-0.2, 0) is 0 Å². The number of unbranched alkanes of at least 4 members (excludes halogenated alkanes) is 2. The van der Waals surface area contributed by atoms with Crippen molar-refractivity contribution in [2.24, 2.45) is 10.2 Å². The predicted octanol–water partition coefficient (Wildman–Crippen LogP) is 2.75. The molecular weight excluding hydrogens is 164 g/mol. The largest absolute Gasteiger partial charge is 0.243 e. The van der Waals surface area contributed by atoms with Gasteiger partial charge in [0.2, 0.25) is 0 Å². The molecule has 1 aromatic rings. The second-order valence-electron chi connectivity index (χ2n) is 2.77. The van der Waals surface area contributed by atoms with Crippen molar-refractivity contribution >= 4 is 5.69 Å². The minimum absolute atomic E-state index is 0.721. The third-order valence-corrected chi connectivity index (χ3v) is 1.59. The van der Waals surface area contributed by atoms with Gasteiger partial charge in [-0.2, -0.15) is 10.2 Å². The fourth-order valence-electron chi connectivity index (χ4n) is 0.907. The smallest absolute Gasteiger partial charge is 0.122 e. The lowest BCUT2D eigenvalue weighted by atomic mass is 10.3. The second-order valence-corrected chi connectivity index (χ2v) is 2.77. The quantitative estimate of drug-likeness (QED) is 0.514. The van der Waals surface area contributed by atoms with Crippen LogP contribution in [0.25, 0.3) is 0 Å². The van der Waals surface area contributed by atoms with Crippen LogP contribution in [0.5, 0.6) is 0 Å². The van der Waals surface area contributed by atoms with E-state index in [1.165, 1.54) is 19.2 Å². The molecule has 0 atom stereocenters. The summed E-state index contributed by atoms with van der Waals surface area (Å²) < 4.78 is 0. The Kier molecular flexibility index (Phi) is 4.68. The van der Waals surface area contributed by atoms with E-state index < -0.39 is 0 Å². The van der Waals surface area contributed by atoms with E-state index in [2.05, 4.69) is 27.1 Å². The molecule has 0 saturated carbocycles. The van der Waals surface area contributed by atoms with E-state index in [1.807, 2.05) is 0 Å². The van der Waals surface area contributed by atoms with Crippen molar-refractivity contribution in [1.29, 1.82) is 0 Å². The first kappa shape index (κ1) is 9.77. The highest BCUT2D eigenvalue weighted by Crippen LogP contribution is 2.06. The third kappa shape index (κ3) is 4.30. The number of azo groups is 1. The van der Waals surface area contributed by atoms with Crippen molar-refractivity contribution < 1.29 is 0 Å². The first-order valence-electron chi connectivity index (χ1n) is 4.56. The molecular formula is C9H14N4. The van der Waals surface area contributed by atoms with Gasteiger partial charge in [-0.05, 0) is 6.42 Å². The summed E-state index contributed by atoms with van der Waals surface area (Å²) in [6.45, 7) is 2.96. The summed E-state index contributed by atoms with van der Waals surface area (Å²) in [5.41, 5.74) is 0.721. The predicted molar refractivity (Wildman–Crippen MR) is 50.9 cm³/mol. The molecule has 0 spiro atoms. The maximum Gasteiger partial charge on any atom is 0.122 e. The summed E-state index contributed by atoms with van der Waals surface area (Å²) in [5, 5.41) is 8.00. The van der Waals surface area contributed by atoms with Crippen molar-refractivity contribution in [2.75, 3.05) is 6.54 Å². The van der Waals surface area contributed by atoms with Crippen LogP contribution in [0.15, 0.2) is 28.9 Å². The lowest BCUT2D eigenvalue weighted by Crippen LogP contribution is -1.79. The van der Waals surface area contributed by atoms with Gasteiger partial charge in [0.25, 0.3) is 0 Å². The second kappa shape index (κ2) is 6.22. The fourth-order valence-corrected chi connectivity index (χ4v) is 0.907. The molecule has 1 aromatic heterocycles. The van der Waals surface area contributed by atoms with Crippen LogP contribution < -0.4 is 0 Å². The van der Waals surface area contributed by atoms with Gasteiger partial charge in [0.1, 0.15) is 12.0 Å². The molecule has 4 heteroatoms. The highest BCUT2D eigenvalue weighted by Gasteiger charge is 1.86. The van der Waals surface area contributed by atoms with Gasteiger partial charge in [0.15, 0.2) is 0 Å². The van der Waals surface area contributed by atoms with E-state index in [-0.39, 0.29) is 0 Å². The number of rotatable bonds is 5. The minimum atomic E-state index is 0.721. The van der Waals surface area contributed by atoms with Gasteiger partial charge < -0.3 is 0 Å². The van der Waals surface area contributed by atoms with Crippen LogP contribution in [0.4, 0.5) is 5.69 Å². The lowest BCUT2D eigenvalue weighted by molar-refractivity contribution is 0.713. The van der Waals surface area contributed by atoms with Crippen molar-refractivity contribution in [1.82, 2.24) is 9.97 Å². The van der Waals surface area contributed by atoms with E-state index in [4.69, 9.17) is 0 Å². The van der Waals surface area contributed by atoms with Crippen molar-refractivity contribution in [3.05, 3.63) is 18.7 Å². The molecule has 13 heavy (non-hydrogen) atoms. The SMILES string of the molecule is CCCCCN=Nc1cncnc1. The van der Waals surface area contributed by atoms with E-state index in [0.717, 1.165) is 18.7 Å². The Bertz CT molecular complexity index is 245. The van der Waals surface area contributed by atoms with Gasteiger partial charge in [-0.1, -0.05) is 19.8 Å². The molecule has 0 saturated heterocycles. The Morgan fingerprint density at radius 3 is 2.69 bits per heavy atom. The topological polar surface area (TPSA) is 50.5 Å². The Hall–Kier alpha value is -1.32. The molecule has 0 aliphatic heterocycles. The van der Waals surface area contributed by atoms with Gasteiger partial charge in [-0.15, -0.1) is 0 Å². The van der Waals surface area contributed by atoms with Gasteiger partial charge in [0, 0.05) is 0 Å². The Morgan fingerprint density at radius 1 is 1.23 bits per heavy atom. The van der Waals surface area contributed by atoms with Crippen LogP contribution in [-0.4, -0.2) is 16.5 Å². The summed E-state index contributed by atoms with van der Waals surface area (Å²) in [7, 11) is 0. The van der Waals surface area contributed by atoms with E-state index >= 15 is 0 Å². The van der Waals surface area contributed by atoms with E-state index in [0.29, 0.717) is 0 Å². The van der Waals surface area contributed by atoms with Crippen LogP contribution in [0, 0.1) is 0 Å². The number of hydrogen-bond acceptors (Lipinski definition) is 4. The molecule has 1 rings (SSSR count). The summed E-state index contributed by atoms with van der Waals surface area (Å²) in [4.78, 5) is 7.67. The van der Waals surface area contributed by atoms with Crippen molar-refractivity contribution in [2.45, 2.75) is 26.2 Å². The molecule has 0 unspecified atom stereocenters. The summed E-state index contributed by atoms with van der Waals surface area (Å²) in [6.07, 6.45) is 8.31. The lowest BCUT2D eigenvalue weighted by Gasteiger charge is -1.91. The Labute approximate surface area is 78.1 Å². The normalized spacial score (nSPS) is 10.8. The van der Waals surface area contributed by atoms with Gasteiger partial charge in [-0.25, -0.2) is 9.97 Å². The molecule has 0 radical (unpaired) electrons. The third-order valence-electron chi connectivity index (χ3n) is 1.59. The van der Waals surface area contributed by atoms with E-state index in [9.17, 15) is 0 Å². The number of hydrogen-bond donors (Lipinski definition) is 0. The molecule has 0 amide bonds. The molecule has 0 bridgehead atoms. The number of nitrogens with zero attached hydrogens (tertiary/aromatic N) is 4. The van der Waals surface area contributed by atoms with Gasteiger partial charge >= 0.3 is 0 Å². The molecule has 0 aliphatic rings. The maximum atomic E-state index is 4.02. The molecule has 0 fully saturated rings. The minimum Gasteiger partial charge on any atom is -0.243 e. The highest BCUT2D eigenvalue weighted by atomic mass is 15.1. The molecule has 0 N–H and O–H groups in total. The van der Waals surface area contributed by atoms with E-state index in [1.54, 1.807) is 12.4 Å². The van der Waals surface area contributed by atoms with Gasteiger partial charge in [-0.3, -0.25) is 0 Å². The average Bonchev–Trinajstić information content (AvgIpc) is 2.19. The summed E-state index contributed by atoms with van der Waals surface area (Å²) in [5.74, 6) is 0. The van der Waals surface area contributed by atoms with Crippen LogP contribution >= 0.6 is 0 Å². The molecule has 70 valence electrons. The molecule has 0 aromatic carbocycles. The average molecular weight is 178 g/mol. The van der Waals surface area contributed by atoms with Crippen LogP contribution in [0.2, 0.25) is 0 Å². The van der Waals surface area contributed by atoms with Crippen molar-refractivity contribution in [3.8, 4) is 0 Å². The summed E-state index contributed by atoms with van der Waals surface area (Å²) >= 11 is 0. The first-order valence-corrected chi connectivity index (χ1v) is 4.56. The zero-order valence-corrected chi connectivity index (χ0v) is 7.85. The maximum absolute atomic E-state index is 4.02. The van der Waals surface area contributed by atoms with Crippen LogP contribution in [0.3, 0.4) is 0 Å². The number of aromatic nitrogens is 2.